The summed E-state index contributed by atoms with van der Waals surface area (Å²) in [6.07, 6.45) is 4.17. The number of nitrogens with zero attached hydrogens (tertiary/aromatic N) is 5. The fourth-order valence-corrected chi connectivity index (χ4v) is 8.33. The molecule has 0 fully saturated rings. The van der Waals surface area contributed by atoms with Crippen LogP contribution in [0.4, 0.5) is 5.82 Å². The second-order valence-electron chi connectivity index (χ2n) is 15.3. The Bertz CT molecular complexity index is 2350. The zero-order valence-corrected chi connectivity index (χ0v) is 42.1. The predicted molar refractivity (Wildman–Crippen MR) is 250 cm³/mol. The number of aliphatic hydroxyl groups is 2. The van der Waals surface area contributed by atoms with Crippen LogP contribution in [0.1, 0.15) is 81.4 Å². The molecule has 0 aliphatic carbocycles. The quantitative estimate of drug-likeness (QED) is 0.0150. The molecule has 0 aliphatic heterocycles. The predicted octanol–water partition coefficient (Wildman–Crippen LogP) is -6.45. The first-order valence-electron chi connectivity index (χ1n) is 20.7. The number of aromatic amines is 1. The van der Waals surface area contributed by atoms with Crippen molar-refractivity contribution in [3.8, 4) is 10.7 Å². The van der Waals surface area contributed by atoms with Crippen LogP contribution in [0.2, 0.25) is 0 Å². The molecule has 0 aromatic carbocycles. The van der Waals surface area contributed by atoms with E-state index >= 15 is 0 Å². The zero-order chi connectivity index (χ0) is 49.4. The third-order valence-electron chi connectivity index (χ3n) is 9.70. The number of aromatic nitrogens is 6. The fourth-order valence-electron chi connectivity index (χ4n) is 6.00. The van der Waals surface area contributed by atoms with E-state index in [1.165, 1.54) is 49.0 Å². The molecule has 0 saturated heterocycles. The normalized spacial score (nSPS) is 13.8. The number of nitrogens with two attached hydrogens (primary N) is 4. The van der Waals surface area contributed by atoms with E-state index in [0.717, 1.165) is 12.2 Å². The summed E-state index contributed by atoms with van der Waals surface area (Å²) in [5.74, 6) is -4.54. The maximum Gasteiger partial charge on any atom is 0.271 e. The van der Waals surface area contributed by atoms with E-state index in [9.17, 15) is 43.8 Å². The highest BCUT2D eigenvalue weighted by Crippen LogP contribution is 2.26. The van der Waals surface area contributed by atoms with E-state index in [1.807, 2.05) is 0 Å². The highest BCUT2D eigenvalue weighted by molar-refractivity contribution is 7.95. The smallest absolute Gasteiger partial charge is 0.271 e. The Kier molecular flexibility index (Phi) is 23.0. The molecule has 7 amide bonds. The number of nitrogen functional groups attached to an aromatic ring is 1. The van der Waals surface area contributed by atoms with Gasteiger partial charge >= 0.3 is 0 Å². The molecule has 6 atom stereocenters. The minimum atomic E-state index is -1.72. The van der Waals surface area contributed by atoms with Crippen LogP contribution in [0, 0.1) is 6.92 Å². The minimum Gasteiger partial charge on any atom is -1.00 e. The molecule has 4 aromatic rings. The Labute approximate surface area is 418 Å². The summed E-state index contributed by atoms with van der Waals surface area (Å²) in [4.78, 5) is 113. The van der Waals surface area contributed by atoms with Crippen molar-refractivity contribution in [3.63, 3.8) is 0 Å². The van der Waals surface area contributed by atoms with Crippen molar-refractivity contribution >= 4 is 80.7 Å². The fraction of sp³-hybridized carbons (Fsp3) is 0.487. The molecule has 17 N–H and O–H groups in total. The van der Waals surface area contributed by atoms with E-state index in [-0.39, 0.29) is 84.5 Å². The van der Waals surface area contributed by atoms with Gasteiger partial charge in [-0.3, -0.25) is 33.6 Å². The molecule has 372 valence electrons. The molecule has 25 nitrogen and oxygen atoms in total. The van der Waals surface area contributed by atoms with Crippen molar-refractivity contribution in [2.75, 3.05) is 50.2 Å². The molecule has 29 heteroatoms. The third-order valence-corrected chi connectivity index (χ3v) is 12.6. The number of amides is 7. The van der Waals surface area contributed by atoms with Gasteiger partial charge in [0.2, 0.25) is 29.5 Å². The number of rotatable bonds is 27. The lowest BCUT2D eigenvalue weighted by atomic mass is 10.1. The summed E-state index contributed by atoms with van der Waals surface area (Å²) >= 11 is 2.64. The van der Waals surface area contributed by atoms with Crippen molar-refractivity contribution in [1.29, 1.82) is 0 Å². The van der Waals surface area contributed by atoms with E-state index < -0.39 is 78.2 Å². The second-order valence-corrected chi connectivity index (χ2v) is 19.5. The number of H-pyrrole nitrogens is 1. The highest BCUT2D eigenvalue weighted by atomic mass is 127. The Hall–Kier alpha value is -5.44. The number of carbonyl (C=O) groups is 7. The van der Waals surface area contributed by atoms with Gasteiger partial charge in [-0.1, -0.05) is 0 Å². The van der Waals surface area contributed by atoms with Gasteiger partial charge in [-0.05, 0) is 24.7 Å². The molecule has 0 spiro atoms. The van der Waals surface area contributed by atoms with Crippen LogP contribution in [-0.4, -0.2) is 150 Å². The van der Waals surface area contributed by atoms with Gasteiger partial charge < -0.3 is 94.0 Å². The lowest BCUT2D eigenvalue weighted by Crippen LogP contribution is -3.00. The Morgan fingerprint density at radius 3 is 2.24 bits per heavy atom. The molecule has 0 aliphatic rings. The molecule has 0 radical (unpaired) electrons. The van der Waals surface area contributed by atoms with Gasteiger partial charge in [-0.25, -0.2) is 24.9 Å². The number of carbonyl (C=O) groups excluding carboxylic acids is 7. The van der Waals surface area contributed by atoms with Gasteiger partial charge in [0.1, 0.15) is 57.7 Å². The van der Waals surface area contributed by atoms with Gasteiger partial charge in [-0.2, -0.15) is 0 Å². The molecular weight excluding hydrogens is 1060 g/mol. The van der Waals surface area contributed by atoms with E-state index in [0.29, 0.717) is 45.3 Å². The van der Waals surface area contributed by atoms with Crippen LogP contribution < -0.4 is 78.8 Å². The molecule has 0 unspecified atom stereocenters. The third kappa shape index (κ3) is 17.3. The largest absolute Gasteiger partial charge is 1.00 e. The number of halogens is 1. The number of anilines is 1. The van der Waals surface area contributed by atoms with Crippen molar-refractivity contribution < 1.29 is 67.8 Å². The van der Waals surface area contributed by atoms with Crippen LogP contribution in [0.5, 0.6) is 0 Å². The minimum absolute atomic E-state index is 0. The number of nitrogens with one attached hydrogen (secondary N) is 7. The standard InChI is InChI=1S/C39H56N16O9S3.HI/c1-18-28(53-34(55-32(18)42)21(12-25(41)57)48-13-20(40)33(43)60)38(64)54-30(31(59)22-14-44-17-49-22)37(63)46-9-6-26(58)52-29(19(2)56)36(62)47-10-7-27-50-24(16-65-27)39-51-23(15-66-39)35(61)45-8-5-11-67(3)4;/h14-17,19-21,29-31,48,56,59H,5-13,40H2,1-4H3,(H11-,41,42,43,44,45,46,47,49,52,53,54,55,57,58,60,61,62,63,64);1H/t19-,20+,21+,29+,30+,31+;/m1./s1. The molecule has 4 rings (SSSR count). The molecular formula is C39H57IN16O9S3. The zero-order valence-electron chi connectivity index (χ0n) is 37.5. The average molecular weight is 1120 g/mol. The number of hydrogen-bond acceptors (Lipinski definition) is 19. The maximum atomic E-state index is 13.8. The average Bonchev–Trinajstić information content (AvgIpc) is 4.08. The van der Waals surface area contributed by atoms with Crippen LogP contribution in [0.3, 0.4) is 0 Å². The topological polar surface area (TPSA) is 416 Å². The lowest BCUT2D eigenvalue weighted by Gasteiger charge is -2.24. The summed E-state index contributed by atoms with van der Waals surface area (Å²) in [5.41, 5.74) is 23.1. The Balaban J connectivity index is 0.0000122. The Morgan fingerprint density at radius 1 is 0.882 bits per heavy atom. The Morgan fingerprint density at radius 2 is 1.59 bits per heavy atom. The summed E-state index contributed by atoms with van der Waals surface area (Å²) in [6, 6.07) is -5.32. The van der Waals surface area contributed by atoms with Crippen molar-refractivity contribution in [2.45, 2.75) is 75.9 Å². The number of hydrogen-bond donors (Lipinski definition) is 13. The lowest BCUT2D eigenvalue weighted by molar-refractivity contribution is -0.131. The van der Waals surface area contributed by atoms with Crippen LogP contribution in [0.25, 0.3) is 10.7 Å². The molecule has 4 aromatic heterocycles. The van der Waals surface area contributed by atoms with E-state index in [2.05, 4.69) is 74.3 Å². The van der Waals surface area contributed by atoms with Gasteiger partial charge in [0.15, 0.2) is 0 Å². The van der Waals surface area contributed by atoms with Crippen LogP contribution >= 0.6 is 22.7 Å². The number of aliphatic hydroxyl groups excluding tert-OH is 2. The van der Waals surface area contributed by atoms with E-state index in [4.69, 9.17) is 22.9 Å². The SMILES string of the molecule is Cc1c(N)nc([C@H](CC(N)=O)NC[C@H](N)C(N)=O)nc1C(=O)N[C@H](C(=O)NCCC(=O)N[C@H](C(=O)NCCc1nc(-c2nc(C(=O)NCCC[S+](C)C)cs2)cs1)[C@@H](C)O)[C@@H](O)c1cnc[nH]1.[I-]. The van der Waals surface area contributed by atoms with Gasteiger partial charge in [0, 0.05) is 68.2 Å². The first-order valence-corrected chi connectivity index (χ1v) is 24.7. The second kappa shape index (κ2) is 27.5. The monoisotopic (exact) mass is 1120 g/mol. The first-order chi connectivity index (χ1) is 31.7. The van der Waals surface area contributed by atoms with Crippen molar-refractivity contribution in [3.05, 3.63) is 56.8 Å². The van der Waals surface area contributed by atoms with Crippen molar-refractivity contribution in [1.82, 2.24) is 61.8 Å². The van der Waals surface area contributed by atoms with Gasteiger partial charge in [0.05, 0.1) is 53.9 Å². The van der Waals surface area contributed by atoms with Gasteiger partial charge in [-0.15, -0.1) is 22.7 Å². The number of thiazole rings is 2. The molecule has 68 heavy (non-hydrogen) atoms. The van der Waals surface area contributed by atoms with Gasteiger partial charge in [0.25, 0.3) is 11.8 Å². The number of imidazole rings is 1. The first kappa shape index (κ1) is 56.9. The summed E-state index contributed by atoms with van der Waals surface area (Å²) in [5, 5.41) is 42.0. The van der Waals surface area contributed by atoms with Crippen molar-refractivity contribution in [2.24, 2.45) is 17.2 Å². The number of primary amides is 2. The van der Waals surface area contributed by atoms with Crippen LogP contribution in [0.15, 0.2) is 23.3 Å². The molecule has 0 saturated carbocycles. The van der Waals surface area contributed by atoms with E-state index in [1.54, 1.807) is 10.8 Å². The molecule has 0 bridgehead atoms. The summed E-state index contributed by atoms with van der Waals surface area (Å²) < 4.78 is 0. The van der Waals surface area contributed by atoms with Crippen LogP contribution in [-0.2, 0) is 41.3 Å². The summed E-state index contributed by atoms with van der Waals surface area (Å²) in [6.45, 7) is 2.87. The highest BCUT2D eigenvalue weighted by Gasteiger charge is 2.33. The molecule has 4 heterocycles. The summed E-state index contributed by atoms with van der Waals surface area (Å²) in [7, 11) is 0.303. The maximum absolute atomic E-state index is 13.8.